The number of hydrogen-bond donors (Lipinski definition) is 2. The fraction of sp³-hybridized carbons (Fsp3) is 0. The van der Waals surface area contributed by atoms with Crippen LogP contribution < -0.4 is 4.72 Å². The molecular weight excluding hydrogens is 332 g/mol. The molecule has 2 aromatic heterocycles. The number of fused-ring (bicyclic) bond motifs is 1. The standard InChI is InChI=1S/C12H7ClN4O2S2/c13-9-5-15-12-10(2-1-7(3-14)11(9)12)17-21(18,19)8-4-16-20-6-8/h1-2,4-6,15,17H. The summed E-state index contributed by atoms with van der Waals surface area (Å²) in [5.41, 5.74) is 1.16. The number of aromatic amines is 1. The molecule has 0 unspecified atom stereocenters. The van der Waals surface area contributed by atoms with Gasteiger partial charge in [-0.05, 0) is 23.7 Å². The number of anilines is 1. The highest BCUT2D eigenvalue weighted by molar-refractivity contribution is 7.92. The van der Waals surface area contributed by atoms with Crippen LogP contribution in [0.25, 0.3) is 10.9 Å². The van der Waals surface area contributed by atoms with Gasteiger partial charge in [-0.1, -0.05) is 11.6 Å². The van der Waals surface area contributed by atoms with E-state index in [1.54, 1.807) is 0 Å². The zero-order valence-electron chi connectivity index (χ0n) is 10.3. The van der Waals surface area contributed by atoms with Crippen molar-refractivity contribution < 1.29 is 8.42 Å². The molecule has 3 rings (SSSR count). The molecule has 2 N–H and O–H groups in total. The van der Waals surface area contributed by atoms with Gasteiger partial charge < -0.3 is 4.98 Å². The topological polar surface area (TPSA) is 98.6 Å². The molecule has 0 atom stereocenters. The SMILES string of the molecule is N#Cc1ccc(NS(=O)(=O)c2cnsc2)c2[nH]cc(Cl)c12. The number of nitriles is 1. The second-order valence-electron chi connectivity index (χ2n) is 4.12. The van der Waals surface area contributed by atoms with Crippen LogP contribution in [0.15, 0.2) is 34.8 Å². The van der Waals surface area contributed by atoms with Crippen molar-refractivity contribution in [2.24, 2.45) is 0 Å². The number of nitrogens with zero attached hydrogens (tertiary/aromatic N) is 2. The van der Waals surface area contributed by atoms with Gasteiger partial charge in [0.05, 0.1) is 34.1 Å². The molecule has 21 heavy (non-hydrogen) atoms. The van der Waals surface area contributed by atoms with Crippen LogP contribution in [0.5, 0.6) is 0 Å². The van der Waals surface area contributed by atoms with E-state index in [9.17, 15) is 8.42 Å². The average molecular weight is 339 g/mol. The van der Waals surface area contributed by atoms with E-state index >= 15 is 0 Å². The van der Waals surface area contributed by atoms with Gasteiger partial charge in [-0.2, -0.15) is 9.64 Å². The summed E-state index contributed by atoms with van der Waals surface area (Å²) in [6, 6.07) is 5.06. The number of aromatic nitrogens is 2. The summed E-state index contributed by atoms with van der Waals surface area (Å²) < 4.78 is 30.7. The zero-order valence-corrected chi connectivity index (χ0v) is 12.7. The molecule has 3 aromatic rings. The van der Waals surface area contributed by atoms with Crippen molar-refractivity contribution in [2.75, 3.05) is 4.72 Å². The number of hydrogen-bond acceptors (Lipinski definition) is 5. The van der Waals surface area contributed by atoms with Gasteiger partial charge in [0.1, 0.15) is 4.90 Å². The van der Waals surface area contributed by atoms with Crippen molar-refractivity contribution in [3.63, 3.8) is 0 Å². The van der Waals surface area contributed by atoms with Crippen LogP contribution in [0.1, 0.15) is 5.56 Å². The number of rotatable bonds is 3. The molecule has 9 heteroatoms. The van der Waals surface area contributed by atoms with E-state index < -0.39 is 10.0 Å². The van der Waals surface area contributed by atoms with Crippen LogP contribution in [-0.2, 0) is 10.0 Å². The van der Waals surface area contributed by atoms with E-state index in [1.165, 1.54) is 29.9 Å². The summed E-state index contributed by atoms with van der Waals surface area (Å²) in [5.74, 6) is 0. The number of halogens is 1. The fourth-order valence-electron chi connectivity index (χ4n) is 1.92. The number of H-pyrrole nitrogens is 1. The van der Waals surface area contributed by atoms with E-state index in [-0.39, 0.29) is 4.90 Å². The lowest BCUT2D eigenvalue weighted by Crippen LogP contribution is -2.12. The Morgan fingerprint density at radius 3 is 2.90 bits per heavy atom. The Hall–Kier alpha value is -2.08. The van der Waals surface area contributed by atoms with E-state index in [0.717, 1.165) is 11.5 Å². The summed E-state index contributed by atoms with van der Waals surface area (Å²) in [4.78, 5) is 2.96. The Balaban J connectivity index is 2.13. The Morgan fingerprint density at radius 2 is 2.24 bits per heavy atom. The van der Waals surface area contributed by atoms with Crippen LogP contribution >= 0.6 is 23.1 Å². The van der Waals surface area contributed by atoms with Gasteiger partial charge in [-0.25, -0.2) is 8.42 Å². The average Bonchev–Trinajstić information content (AvgIpc) is 3.10. The van der Waals surface area contributed by atoms with Gasteiger partial charge >= 0.3 is 0 Å². The summed E-state index contributed by atoms with van der Waals surface area (Å²) in [6.07, 6.45) is 2.78. The van der Waals surface area contributed by atoms with Crippen LogP contribution in [0, 0.1) is 11.3 Å². The van der Waals surface area contributed by atoms with Gasteiger partial charge in [-0.3, -0.25) is 4.72 Å². The summed E-state index contributed by atoms with van der Waals surface area (Å²) >= 11 is 7.08. The van der Waals surface area contributed by atoms with Crippen LogP contribution in [0.4, 0.5) is 5.69 Å². The quantitative estimate of drug-likeness (QED) is 0.766. The number of benzene rings is 1. The Morgan fingerprint density at radius 1 is 1.43 bits per heavy atom. The maximum absolute atomic E-state index is 12.2. The highest BCUT2D eigenvalue weighted by Gasteiger charge is 2.19. The van der Waals surface area contributed by atoms with Gasteiger partial charge in [0.15, 0.2) is 0 Å². The molecule has 0 radical (unpaired) electrons. The first-order chi connectivity index (χ1) is 10.0. The third-order valence-electron chi connectivity index (χ3n) is 2.87. The molecule has 0 amide bonds. The lowest BCUT2D eigenvalue weighted by molar-refractivity contribution is 0.601. The normalized spacial score (nSPS) is 11.4. The second kappa shape index (κ2) is 5.04. The minimum atomic E-state index is -3.72. The van der Waals surface area contributed by atoms with Crippen molar-refractivity contribution in [3.05, 3.63) is 40.5 Å². The third-order valence-corrected chi connectivity index (χ3v) is 5.24. The van der Waals surface area contributed by atoms with Crippen molar-refractivity contribution in [1.29, 1.82) is 5.26 Å². The van der Waals surface area contributed by atoms with Crippen LogP contribution in [-0.4, -0.2) is 17.8 Å². The number of sulfonamides is 1. The fourth-order valence-corrected chi connectivity index (χ4v) is 4.04. The Kier molecular flexibility index (Phi) is 3.33. The smallest absolute Gasteiger partial charge is 0.264 e. The second-order valence-corrected chi connectivity index (χ2v) is 6.87. The molecule has 0 spiro atoms. The predicted molar refractivity (Wildman–Crippen MR) is 80.9 cm³/mol. The van der Waals surface area contributed by atoms with Crippen molar-refractivity contribution in [3.8, 4) is 6.07 Å². The van der Waals surface area contributed by atoms with Crippen molar-refractivity contribution in [2.45, 2.75) is 4.90 Å². The highest BCUT2D eigenvalue weighted by atomic mass is 35.5. The molecule has 2 heterocycles. The summed E-state index contributed by atoms with van der Waals surface area (Å²) in [7, 11) is -3.72. The molecule has 6 nitrogen and oxygen atoms in total. The van der Waals surface area contributed by atoms with Crippen molar-refractivity contribution >= 4 is 49.7 Å². The lowest BCUT2D eigenvalue weighted by Gasteiger charge is -2.08. The van der Waals surface area contributed by atoms with E-state index in [4.69, 9.17) is 16.9 Å². The largest absolute Gasteiger partial charge is 0.358 e. The third kappa shape index (κ3) is 2.35. The molecule has 0 fully saturated rings. The van der Waals surface area contributed by atoms with Gasteiger partial charge in [0.2, 0.25) is 0 Å². The van der Waals surface area contributed by atoms with Crippen LogP contribution in [0.2, 0.25) is 5.02 Å². The molecule has 106 valence electrons. The summed E-state index contributed by atoms with van der Waals surface area (Å²) in [5, 5.41) is 11.4. The lowest BCUT2D eigenvalue weighted by atomic mass is 10.1. The molecule has 0 aliphatic heterocycles. The molecule has 0 aliphatic rings. The molecule has 0 saturated carbocycles. The zero-order chi connectivity index (χ0) is 15.0. The summed E-state index contributed by atoms with van der Waals surface area (Å²) in [6.45, 7) is 0. The molecule has 0 aliphatic carbocycles. The first-order valence-electron chi connectivity index (χ1n) is 5.65. The number of nitrogens with one attached hydrogen (secondary N) is 2. The van der Waals surface area contributed by atoms with Crippen molar-refractivity contribution in [1.82, 2.24) is 9.36 Å². The first kappa shape index (κ1) is 13.9. The molecule has 0 bridgehead atoms. The Labute approximate surface area is 129 Å². The first-order valence-corrected chi connectivity index (χ1v) is 8.34. The van der Waals surface area contributed by atoms with Gasteiger partial charge in [0.25, 0.3) is 10.0 Å². The Bertz CT molecular complexity index is 955. The maximum Gasteiger partial charge on any atom is 0.264 e. The molecule has 0 saturated heterocycles. The van der Waals surface area contributed by atoms with Gasteiger partial charge in [-0.15, -0.1) is 0 Å². The van der Waals surface area contributed by atoms with E-state index in [1.807, 2.05) is 6.07 Å². The predicted octanol–water partition coefficient (Wildman–Crippen LogP) is 2.95. The molecular formula is C12H7ClN4O2S2. The van der Waals surface area contributed by atoms with Gasteiger partial charge in [0, 0.05) is 17.0 Å². The van der Waals surface area contributed by atoms with E-state index in [0.29, 0.717) is 27.2 Å². The minimum absolute atomic E-state index is 0.0858. The van der Waals surface area contributed by atoms with Crippen LogP contribution in [0.3, 0.4) is 0 Å². The minimum Gasteiger partial charge on any atom is -0.358 e. The molecule has 1 aromatic carbocycles. The maximum atomic E-state index is 12.2. The highest BCUT2D eigenvalue weighted by Crippen LogP contribution is 2.32. The monoisotopic (exact) mass is 338 g/mol. The van der Waals surface area contributed by atoms with E-state index in [2.05, 4.69) is 14.1 Å².